The normalized spacial score (nSPS) is 16.7. The summed E-state index contributed by atoms with van der Waals surface area (Å²) in [6.45, 7) is 5.39. The number of aromatic amines is 1. The molecule has 192 valence electrons. The van der Waals surface area contributed by atoms with Crippen LogP contribution in [-0.4, -0.2) is 45.8 Å². The molecule has 34 heavy (non-hydrogen) atoms. The van der Waals surface area contributed by atoms with E-state index in [0.717, 1.165) is 29.4 Å². The minimum Gasteiger partial charge on any atom is -0.478 e. The number of nitrogens with one attached hydrogen (secondary N) is 2. The van der Waals surface area contributed by atoms with E-state index in [9.17, 15) is 18.7 Å². The standard InChI is InChI=1S/C17H33F2NO.C10H9NO2/c1-2-3-4-5-6-7-8-9-14-20-15-16(21)10-12-17(18,19)13-11-16;1-6-7-4-5-11-9(7)3-2-8(6)10(12)13/h20-21H,2-15H2,1H3;2-5,11H,1H3,(H,12,13). The molecule has 0 amide bonds. The number of aromatic carboxylic acids is 1. The number of hydrogen-bond donors (Lipinski definition) is 4. The van der Waals surface area contributed by atoms with Crippen molar-refractivity contribution in [2.75, 3.05) is 13.1 Å². The van der Waals surface area contributed by atoms with Gasteiger partial charge in [-0.1, -0.05) is 51.9 Å². The Kier molecular flexibility index (Phi) is 11.5. The van der Waals surface area contributed by atoms with Crippen LogP contribution < -0.4 is 5.32 Å². The SMILES string of the molecule is CCCCCCCCCCNCC1(O)CCC(F)(F)CC1.Cc1c(C(=O)O)ccc2[nH]ccc12. The zero-order valence-corrected chi connectivity index (χ0v) is 20.8. The average Bonchev–Trinajstić information content (AvgIpc) is 3.28. The van der Waals surface area contributed by atoms with E-state index in [4.69, 9.17) is 5.11 Å². The predicted molar refractivity (Wildman–Crippen MR) is 134 cm³/mol. The number of H-pyrrole nitrogens is 1. The molecule has 1 aliphatic carbocycles. The van der Waals surface area contributed by atoms with E-state index in [2.05, 4.69) is 17.2 Å². The summed E-state index contributed by atoms with van der Waals surface area (Å²) < 4.78 is 26.1. The molecule has 1 aromatic heterocycles. The van der Waals surface area contributed by atoms with Gasteiger partial charge in [0.2, 0.25) is 5.92 Å². The first-order valence-corrected chi connectivity index (χ1v) is 12.8. The Morgan fingerprint density at radius 3 is 2.24 bits per heavy atom. The Bertz CT molecular complexity index is 872. The number of unbranched alkanes of at least 4 members (excludes halogenated alkanes) is 7. The lowest BCUT2D eigenvalue weighted by Gasteiger charge is -2.36. The maximum atomic E-state index is 13.1. The van der Waals surface area contributed by atoms with E-state index in [1.165, 1.54) is 44.9 Å². The number of rotatable bonds is 12. The van der Waals surface area contributed by atoms with Crippen LogP contribution in [0.1, 0.15) is 99.9 Å². The number of carbonyl (C=O) groups is 1. The van der Waals surface area contributed by atoms with E-state index in [1.54, 1.807) is 12.1 Å². The van der Waals surface area contributed by atoms with Gasteiger partial charge in [0.25, 0.3) is 0 Å². The number of aromatic nitrogens is 1. The molecule has 1 fully saturated rings. The number of aliphatic hydroxyl groups is 1. The summed E-state index contributed by atoms with van der Waals surface area (Å²) in [5.41, 5.74) is 1.24. The fourth-order valence-corrected chi connectivity index (χ4v) is 4.48. The summed E-state index contributed by atoms with van der Waals surface area (Å²) in [5, 5.41) is 23.3. The van der Waals surface area contributed by atoms with Gasteiger partial charge in [-0.2, -0.15) is 0 Å². The lowest BCUT2D eigenvalue weighted by Crippen LogP contribution is -2.46. The van der Waals surface area contributed by atoms with Crippen molar-refractivity contribution in [2.45, 2.75) is 102 Å². The van der Waals surface area contributed by atoms with Crippen LogP contribution in [0.3, 0.4) is 0 Å². The van der Waals surface area contributed by atoms with E-state index < -0.39 is 17.5 Å². The molecule has 1 heterocycles. The van der Waals surface area contributed by atoms with Crippen LogP contribution in [0.5, 0.6) is 0 Å². The maximum absolute atomic E-state index is 13.1. The number of alkyl halides is 2. The number of fused-ring (bicyclic) bond motifs is 1. The molecule has 7 heteroatoms. The predicted octanol–water partition coefficient (Wildman–Crippen LogP) is 6.83. The molecule has 5 nitrogen and oxygen atoms in total. The highest BCUT2D eigenvalue weighted by atomic mass is 19.3. The Balaban J connectivity index is 0.000000266. The van der Waals surface area contributed by atoms with Gasteiger partial charge >= 0.3 is 5.97 Å². The van der Waals surface area contributed by atoms with Gasteiger partial charge in [0, 0.05) is 36.5 Å². The minimum absolute atomic E-state index is 0.178. The first-order chi connectivity index (χ1) is 16.2. The molecule has 1 saturated carbocycles. The molecular weight excluding hydrogens is 438 g/mol. The molecule has 0 aliphatic heterocycles. The molecule has 0 radical (unpaired) electrons. The fraction of sp³-hybridized carbons (Fsp3) is 0.667. The summed E-state index contributed by atoms with van der Waals surface area (Å²) >= 11 is 0. The van der Waals surface area contributed by atoms with Crippen LogP contribution in [0, 0.1) is 6.92 Å². The zero-order valence-electron chi connectivity index (χ0n) is 20.8. The first kappa shape index (κ1) is 28.2. The lowest BCUT2D eigenvalue weighted by atomic mass is 9.83. The minimum atomic E-state index is -2.57. The van der Waals surface area contributed by atoms with Crippen LogP contribution in [0.2, 0.25) is 0 Å². The summed E-state index contributed by atoms with van der Waals surface area (Å²) in [7, 11) is 0. The Morgan fingerprint density at radius 1 is 1.00 bits per heavy atom. The number of halogens is 2. The molecule has 3 rings (SSSR count). The summed E-state index contributed by atoms with van der Waals surface area (Å²) in [6, 6.07) is 5.29. The number of aryl methyl sites for hydroxylation is 1. The number of carboxylic acids is 1. The van der Waals surface area contributed by atoms with E-state index >= 15 is 0 Å². The van der Waals surface area contributed by atoms with Crippen LogP contribution >= 0.6 is 0 Å². The largest absolute Gasteiger partial charge is 0.478 e. The van der Waals surface area contributed by atoms with Gasteiger partial charge in [-0.05, 0) is 56.5 Å². The fourth-order valence-electron chi connectivity index (χ4n) is 4.48. The van der Waals surface area contributed by atoms with Gasteiger partial charge in [-0.15, -0.1) is 0 Å². The van der Waals surface area contributed by atoms with Gasteiger partial charge in [0.1, 0.15) is 0 Å². The maximum Gasteiger partial charge on any atom is 0.335 e. The second-order valence-electron chi connectivity index (χ2n) is 9.71. The topological polar surface area (TPSA) is 85.3 Å². The van der Waals surface area contributed by atoms with Gasteiger partial charge in [0.05, 0.1) is 11.2 Å². The second-order valence-corrected chi connectivity index (χ2v) is 9.71. The van der Waals surface area contributed by atoms with E-state index in [-0.39, 0.29) is 25.7 Å². The molecule has 0 unspecified atom stereocenters. The highest BCUT2D eigenvalue weighted by molar-refractivity contribution is 5.96. The van der Waals surface area contributed by atoms with Gasteiger partial charge < -0.3 is 20.5 Å². The molecule has 0 saturated heterocycles. The summed E-state index contributed by atoms with van der Waals surface area (Å²) in [4.78, 5) is 13.8. The molecule has 1 aliphatic rings. The van der Waals surface area contributed by atoms with Crippen molar-refractivity contribution in [3.8, 4) is 0 Å². The van der Waals surface area contributed by atoms with Crippen molar-refractivity contribution < 1.29 is 23.8 Å². The quantitative estimate of drug-likeness (QED) is 0.251. The molecule has 2 aromatic rings. The summed E-state index contributed by atoms with van der Waals surface area (Å²) in [5.74, 6) is -3.44. The van der Waals surface area contributed by atoms with Crippen LogP contribution in [0.25, 0.3) is 10.9 Å². The van der Waals surface area contributed by atoms with Gasteiger partial charge in [0.15, 0.2) is 0 Å². The molecule has 0 bridgehead atoms. The van der Waals surface area contributed by atoms with Crippen molar-refractivity contribution in [1.82, 2.24) is 10.3 Å². The number of benzene rings is 1. The third kappa shape index (κ3) is 9.34. The third-order valence-electron chi connectivity index (χ3n) is 6.81. The lowest BCUT2D eigenvalue weighted by molar-refractivity contribution is -0.102. The van der Waals surface area contributed by atoms with Crippen molar-refractivity contribution in [3.05, 3.63) is 35.5 Å². The summed E-state index contributed by atoms with van der Waals surface area (Å²) in [6.07, 6.45) is 12.1. The Labute approximate surface area is 202 Å². The number of carboxylic acid groups (broad SMARTS) is 1. The molecule has 4 N–H and O–H groups in total. The molecule has 1 aromatic carbocycles. The molecule has 0 atom stereocenters. The second kappa shape index (κ2) is 13.8. The highest BCUT2D eigenvalue weighted by Gasteiger charge is 2.41. The Morgan fingerprint density at radius 2 is 1.62 bits per heavy atom. The van der Waals surface area contributed by atoms with Crippen molar-refractivity contribution in [3.63, 3.8) is 0 Å². The van der Waals surface area contributed by atoms with Gasteiger partial charge in [-0.25, -0.2) is 13.6 Å². The van der Waals surface area contributed by atoms with Crippen molar-refractivity contribution >= 4 is 16.9 Å². The van der Waals surface area contributed by atoms with Crippen molar-refractivity contribution in [1.29, 1.82) is 0 Å². The van der Waals surface area contributed by atoms with Crippen LogP contribution in [-0.2, 0) is 0 Å². The van der Waals surface area contributed by atoms with Crippen LogP contribution in [0.4, 0.5) is 8.78 Å². The van der Waals surface area contributed by atoms with Crippen LogP contribution in [0.15, 0.2) is 24.4 Å². The smallest absolute Gasteiger partial charge is 0.335 e. The molecular formula is C27H42F2N2O3. The highest BCUT2D eigenvalue weighted by Crippen LogP contribution is 2.38. The Hall–Kier alpha value is -1.99. The molecule has 0 spiro atoms. The monoisotopic (exact) mass is 480 g/mol. The first-order valence-electron chi connectivity index (χ1n) is 12.8. The van der Waals surface area contributed by atoms with E-state index in [1.807, 2.05) is 19.2 Å². The average molecular weight is 481 g/mol. The third-order valence-corrected chi connectivity index (χ3v) is 6.81. The van der Waals surface area contributed by atoms with E-state index in [0.29, 0.717) is 12.1 Å². The van der Waals surface area contributed by atoms with Gasteiger partial charge in [-0.3, -0.25) is 0 Å². The zero-order chi connectivity index (χ0) is 25.0. The van der Waals surface area contributed by atoms with Crippen molar-refractivity contribution in [2.24, 2.45) is 0 Å². The number of hydrogen-bond acceptors (Lipinski definition) is 3.